The zero-order chi connectivity index (χ0) is 19.6. The van der Waals surface area contributed by atoms with Gasteiger partial charge in [-0.05, 0) is 43.2 Å². The van der Waals surface area contributed by atoms with Crippen LogP contribution in [0.3, 0.4) is 0 Å². The van der Waals surface area contributed by atoms with Crippen molar-refractivity contribution in [2.24, 2.45) is 0 Å². The van der Waals surface area contributed by atoms with Gasteiger partial charge in [0.15, 0.2) is 0 Å². The summed E-state index contributed by atoms with van der Waals surface area (Å²) in [7, 11) is -4.07. The Bertz CT molecular complexity index is 948. The normalized spacial score (nSPS) is 15.5. The van der Waals surface area contributed by atoms with Crippen molar-refractivity contribution in [3.63, 3.8) is 0 Å². The lowest BCUT2D eigenvalue weighted by Gasteiger charge is -2.26. The van der Waals surface area contributed by atoms with E-state index in [0.29, 0.717) is 5.75 Å². The number of ether oxygens (including phenoxy) is 2. The molecule has 144 valence electrons. The number of carbonyl (C=O) groups is 1. The fourth-order valence-corrected chi connectivity index (χ4v) is 4.36. The summed E-state index contributed by atoms with van der Waals surface area (Å²) in [5.74, 6) is -1.25. The number of nitrogens with zero attached hydrogens (tertiary/aromatic N) is 1. The van der Waals surface area contributed by atoms with E-state index in [4.69, 9.17) is 9.47 Å². The van der Waals surface area contributed by atoms with Gasteiger partial charge < -0.3 is 9.47 Å². The molecule has 1 saturated heterocycles. The number of hydrogen-bond acceptors (Lipinski definition) is 5. The van der Waals surface area contributed by atoms with Gasteiger partial charge in [-0.1, -0.05) is 18.2 Å². The maximum atomic E-state index is 14.2. The molecule has 0 spiro atoms. The molecule has 0 N–H and O–H groups in total. The molecule has 0 aliphatic carbocycles. The van der Waals surface area contributed by atoms with Crippen LogP contribution >= 0.6 is 0 Å². The molecule has 1 fully saturated rings. The van der Waals surface area contributed by atoms with Crippen molar-refractivity contribution >= 4 is 16.0 Å². The van der Waals surface area contributed by atoms with Crippen molar-refractivity contribution < 1.29 is 27.1 Å². The van der Waals surface area contributed by atoms with Crippen LogP contribution in [0.15, 0.2) is 41.3 Å². The Labute approximate surface area is 157 Å². The van der Waals surface area contributed by atoms with Crippen LogP contribution in [0.1, 0.15) is 21.5 Å². The molecule has 6 nitrogen and oxygen atoms in total. The first-order chi connectivity index (χ1) is 12.8. The van der Waals surface area contributed by atoms with E-state index in [2.05, 4.69) is 0 Å². The Morgan fingerprint density at radius 2 is 1.74 bits per heavy atom. The average molecular weight is 393 g/mol. The summed E-state index contributed by atoms with van der Waals surface area (Å²) < 4.78 is 51.4. The fraction of sp³-hybridized carbons (Fsp3) is 0.316. The van der Waals surface area contributed by atoms with E-state index < -0.39 is 26.7 Å². The molecule has 2 aromatic carbocycles. The minimum absolute atomic E-state index is 0.0362. The Morgan fingerprint density at radius 3 is 2.37 bits per heavy atom. The molecule has 2 aromatic rings. The number of benzene rings is 2. The van der Waals surface area contributed by atoms with E-state index in [1.54, 1.807) is 26.0 Å². The minimum atomic E-state index is -4.07. The van der Waals surface area contributed by atoms with Crippen molar-refractivity contribution in [1.29, 1.82) is 0 Å². The summed E-state index contributed by atoms with van der Waals surface area (Å²) in [4.78, 5) is 12.0. The second-order valence-corrected chi connectivity index (χ2v) is 8.18. The highest BCUT2D eigenvalue weighted by Crippen LogP contribution is 2.25. The smallest absolute Gasteiger partial charge is 0.343 e. The van der Waals surface area contributed by atoms with Gasteiger partial charge in [0.25, 0.3) is 0 Å². The number of carbonyl (C=O) groups excluding carboxylic acids is 1. The first-order valence-corrected chi connectivity index (χ1v) is 9.90. The van der Waals surface area contributed by atoms with Gasteiger partial charge in [-0.15, -0.1) is 0 Å². The molecule has 8 heteroatoms. The summed E-state index contributed by atoms with van der Waals surface area (Å²) in [5.41, 5.74) is 1.50. The molecule has 1 aliphatic heterocycles. The maximum absolute atomic E-state index is 14.2. The lowest BCUT2D eigenvalue weighted by molar-refractivity contribution is 0.0725. The van der Waals surface area contributed by atoms with Crippen molar-refractivity contribution in [1.82, 2.24) is 4.31 Å². The van der Waals surface area contributed by atoms with E-state index in [9.17, 15) is 17.6 Å². The van der Waals surface area contributed by atoms with Crippen molar-refractivity contribution in [2.75, 3.05) is 26.3 Å². The van der Waals surface area contributed by atoms with E-state index in [-0.39, 0.29) is 31.9 Å². The fourth-order valence-electron chi connectivity index (χ4n) is 2.87. The zero-order valence-corrected chi connectivity index (χ0v) is 15.9. The summed E-state index contributed by atoms with van der Waals surface area (Å²) in [5, 5.41) is 0. The second-order valence-electron chi connectivity index (χ2n) is 6.27. The third kappa shape index (κ3) is 4.02. The van der Waals surface area contributed by atoms with Crippen molar-refractivity contribution in [2.45, 2.75) is 18.7 Å². The van der Waals surface area contributed by atoms with Crippen LogP contribution in [0, 0.1) is 19.7 Å². The number of morpholine rings is 1. The number of hydrogen-bond donors (Lipinski definition) is 0. The number of sulfonamides is 1. The molecule has 3 rings (SSSR count). The molecule has 0 atom stereocenters. The molecule has 0 aromatic heterocycles. The minimum Gasteiger partial charge on any atom is -0.422 e. The van der Waals surface area contributed by atoms with Crippen LogP contribution in [-0.4, -0.2) is 45.0 Å². The first kappa shape index (κ1) is 19.5. The molecular weight excluding hydrogens is 373 g/mol. The van der Waals surface area contributed by atoms with Crippen molar-refractivity contribution in [3.05, 3.63) is 58.9 Å². The van der Waals surface area contributed by atoms with E-state index in [0.717, 1.165) is 27.6 Å². The van der Waals surface area contributed by atoms with Gasteiger partial charge in [-0.2, -0.15) is 4.31 Å². The number of halogens is 1. The summed E-state index contributed by atoms with van der Waals surface area (Å²) in [6.45, 7) is 4.37. The van der Waals surface area contributed by atoms with Gasteiger partial charge in [-0.3, -0.25) is 0 Å². The van der Waals surface area contributed by atoms with Crippen LogP contribution in [0.2, 0.25) is 0 Å². The van der Waals surface area contributed by atoms with Gasteiger partial charge in [0.2, 0.25) is 10.0 Å². The van der Waals surface area contributed by atoms with E-state index in [1.165, 1.54) is 6.07 Å². The van der Waals surface area contributed by atoms with Crippen LogP contribution in [0.5, 0.6) is 5.75 Å². The third-order valence-electron chi connectivity index (χ3n) is 4.36. The van der Waals surface area contributed by atoms with Crippen molar-refractivity contribution in [3.8, 4) is 5.75 Å². The highest BCUT2D eigenvalue weighted by atomic mass is 32.2. The molecular formula is C19H20FNO5S. The number of rotatable bonds is 4. The first-order valence-electron chi connectivity index (χ1n) is 8.46. The lowest BCUT2D eigenvalue weighted by Crippen LogP contribution is -2.41. The quantitative estimate of drug-likeness (QED) is 0.590. The average Bonchev–Trinajstić information content (AvgIpc) is 2.65. The number of aryl methyl sites for hydroxylation is 2. The number of esters is 1. The highest BCUT2D eigenvalue weighted by molar-refractivity contribution is 7.89. The SMILES string of the molecule is Cc1cccc(C)c1OC(=O)c1ccc(F)c(S(=O)(=O)N2CCOCC2)c1. The Balaban J connectivity index is 1.92. The molecule has 1 heterocycles. The van der Waals surface area contributed by atoms with Crippen LogP contribution < -0.4 is 4.74 Å². The molecule has 27 heavy (non-hydrogen) atoms. The van der Waals surface area contributed by atoms with E-state index in [1.807, 2.05) is 6.07 Å². The van der Waals surface area contributed by atoms with Crippen LogP contribution in [0.4, 0.5) is 4.39 Å². The van der Waals surface area contributed by atoms with E-state index >= 15 is 0 Å². The standard InChI is InChI=1S/C19H20FNO5S/c1-13-4-3-5-14(2)18(13)26-19(22)15-6-7-16(20)17(12-15)27(23,24)21-8-10-25-11-9-21/h3-7,12H,8-11H2,1-2H3. The molecule has 0 radical (unpaired) electrons. The van der Waals surface area contributed by atoms with Gasteiger partial charge in [0.05, 0.1) is 18.8 Å². The third-order valence-corrected chi connectivity index (χ3v) is 6.27. The summed E-state index contributed by atoms with van der Waals surface area (Å²) >= 11 is 0. The monoisotopic (exact) mass is 393 g/mol. The summed E-state index contributed by atoms with van der Waals surface area (Å²) in [6, 6.07) is 8.64. The zero-order valence-electron chi connectivity index (χ0n) is 15.1. The molecule has 0 amide bonds. The van der Waals surface area contributed by atoms with Gasteiger partial charge in [-0.25, -0.2) is 17.6 Å². The predicted octanol–water partition coefficient (Wildman–Crippen LogP) is 2.68. The van der Waals surface area contributed by atoms with Crippen LogP contribution in [-0.2, 0) is 14.8 Å². The molecule has 1 aliphatic rings. The maximum Gasteiger partial charge on any atom is 0.343 e. The van der Waals surface area contributed by atoms with Crippen LogP contribution in [0.25, 0.3) is 0 Å². The van der Waals surface area contributed by atoms with Gasteiger partial charge >= 0.3 is 5.97 Å². The summed E-state index contributed by atoms with van der Waals surface area (Å²) in [6.07, 6.45) is 0. The molecule has 0 unspecified atom stereocenters. The number of para-hydroxylation sites is 1. The Hall–Kier alpha value is -2.29. The topological polar surface area (TPSA) is 72.9 Å². The van der Waals surface area contributed by atoms with Gasteiger partial charge in [0.1, 0.15) is 16.5 Å². The largest absolute Gasteiger partial charge is 0.422 e. The molecule has 0 saturated carbocycles. The molecule has 0 bridgehead atoms. The lowest BCUT2D eigenvalue weighted by atomic mass is 10.1. The second kappa shape index (κ2) is 7.75. The predicted molar refractivity (Wildman–Crippen MR) is 96.9 cm³/mol. The Kier molecular flexibility index (Phi) is 5.59. The highest BCUT2D eigenvalue weighted by Gasteiger charge is 2.30. The van der Waals surface area contributed by atoms with Gasteiger partial charge in [0, 0.05) is 13.1 Å². The Morgan fingerprint density at radius 1 is 1.11 bits per heavy atom.